The number of hydrogen-bond acceptors (Lipinski definition) is 5. The zero-order valence-corrected chi connectivity index (χ0v) is 14.8. The Hall–Kier alpha value is -2.38. The summed E-state index contributed by atoms with van der Waals surface area (Å²) in [6.07, 6.45) is 5.21. The highest BCUT2D eigenvalue weighted by Crippen LogP contribution is 2.40. The lowest BCUT2D eigenvalue weighted by molar-refractivity contribution is -0.137. The number of aliphatic carboxylic acids is 1. The van der Waals surface area contributed by atoms with Crippen LogP contribution < -0.4 is 5.32 Å². The van der Waals surface area contributed by atoms with Crippen molar-refractivity contribution in [1.29, 1.82) is 0 Å². The van der Waals surface area contributed by atoms with Crippen LogP contribution in [0.5, 0.6) is 0 Å². The number of carbonyl (C=O) groups is 3. The lowest BCUT2D eigenvalue weighted by Crippen LogP contribution is -2.46. The zero-order chi connectivity index (χ0) is 18.5. The second-order valence-electron chi connectivity index (χ2n) is 7.12. The predicted molar refractivity (Wildman–Crippen MR) is 91.7 cm³/mol. The van der Waals surface area contributed by atoms with E-state index in [1.807, 2.05) is 0 Å². The molecule has 2 aliphatic rings. The van der Waals surface area contributed by atoms with Gasteiger partial charge in [0.05, 0.1) is 0 Å². The summed E-state index contributed by atoms with van der Waals surface area (Å²) in [5.74, 6) is 0.225. The molecule has 0 atom stereocenters. The average molecular weight is 363 g/mol. The van der Waals surface area contributed by atoms with Gasteiger partial charge in [0.25, 0.3) is 5.91 Å². The van der Waals surface area contributed by atoms with Crippen LogP contribution >= 0.6 is 0 Å². The molecule has 1 aromatic heterocycles. The number of aromatic nitrogens is 1. The maximum atomic E-state index is 12.3. The van der Waals surface area contributed by atoms with Gasteiger partial charge in [0.2, 0.25) is 5.91 Å². The third kappa shape index (κ3) is 5.06. The molecule has 0 bridgehead atoms. The minimum absolute atomic E-state index is 0.0274. The van der Waals surface area contributed by atoms with Gasteiger partial charge >= 0.3 is 5.97 Å². The number of nitrogens with zero attached hydrogens (tertiary/aromatic N) is 2. The Balaban J connectivity index is 1.36. The molecule has 8 nitrogen and oxygen atoms in total. The number of carboxylic acids is 1. The van der Waals surface area contributed by atoms with Gasteiger partial charge in [-0.3, -0.25) is 14.4 Å². The molecule has 2 amide bonds. The van der Waals surface area contributed by atoms with Gasteiger partial charge in [-0.2, -0.15) is 0 Å². The number of carboxylic acid groups (broad SMARTS) is 1. The van der Waals surface area contributed by atoms with Crippen molar-refractivity contribution in [3.8, 4) is 0 Å². The van der Waals surface area contributed by atoms with Gasteiger partial charge in [-0.05, 0) is 38.5 Å². The van der Waals surface area contributed by atoms with Gasteiger partial charge in [0, 0.05) is 44.0 Å². The molecular weight excluding hydrogens is 338 g/mol. The van der Waals surface area contributed by atoms with Crippen LogP contribution in [0.4, 0.5) is 0 Å². The van der Waals surface area contributed by atoms with Crippen molar-refractivity contribution >= 4 is 17.8 Å². The molecule has 3 rings (SSSR count). The Bertz CT molecular complexity index is 660. The fourth-order valence-corrected chi connectivity index (χ4v) is 3.20. The SMILES string of the molecule is O=C(O)CCCCC(=O)N1CCC(NC(=O)c2cc(C3CC3)on2)CC1. The highest BCUT2D eigenvalue weighted by Gasteiger charge is 2.30. The standard InChI is InChI=1S/C18H25N3O5/c22-16(3-1-2-4-17(23)24)21-9-7-13(8-10-21)19-18(25)14-11-15(26-20-14)12-5-6-12/h11-13H,1-10H2,(H,19,25)(H,23,24). The first kappa shape index (κ1) is 18.4. The molecule has 1 aliphatic heterocycles. The van der Waals surface area contributed by atoms with E-state index in [0.29, 0.717) is 56.8 Å². The molecule has 1 aliphatic carbocycles. The smallest absolute Gasteiger partial charge is 0.303 e. The third-order valence-electron chi connectivity index (χ3n) is 4.95. The van der Waals surface area contributed by atoms with Crippen molar-refractivity contribution < 1.29 is 24.0 Å². The minimum atomic E-state index is -0.828. The lowest BCUT2D eigenvalue weighted by atomic mass is 10.0. The molecule has 1 aromatic rings. The third-order valence-corrected chi connectivity index (χ3v) is 4.95. The van der Waals surface area contributed by atoms with Crippen LogP contribution in [0, 0.1) is 0 Å². The van der Waals surface area contributed by atoms with Gasteiger partial charge in [0.1, 0.15) is 5.76 Å². The van der Waals surface area contributed by atoms with E-state index in [2.05, 4.69) is 10.5 Å². The number of hydrogen-bond donors (Lipinski definition) is 2. The molecule has 2 N–H and O–H groups in total. The Morgan fingerprint density at radius 1 is 1.15 bits per heavy atom. The van der Waals surface area contributed by atoms with Crippen molar-refractivity contribution in [2.45, 2.75) is 63.3 Å². The molecule has 0 radical (unpaired) electrons. The van der Waals surface area contributed by atoms with E-state index in [0.717, 1.165) is 18.6 Å². The number of carbonyl (C=O) groups excluding carboxylic acids is 2. The maximum Gasteiger partial charge on any atom is 0.303 e. The molecule has 0 spiro atoms. The fourth-order valence-electron chi connectivity index (χ4n) is 3.20. The molecule has 142 valence electrons. The molecule has 0 unspecified atom stereocenters. The number of unbranched alkanes of at least 4 members (excludes halogenated alkanes) is 1. The number of amides is 2. The van der Waals surface area contributed by atoms with Crippen LogP contribution in [0.1, 0.15) is 73.5 Å². The first-order chi connectivity index (χ1) is 12.5. The summed E-state index contributed by atoms with van der Waals surface area (Å²) in [7, 11) is 0. The van der Waals surface area contributed by atoms with Gasteiger partial charge in [-0.25, -0.2) is 0 Å². The Morgan fingerprint density at radius 2 is 1.85 bits per heavy atom. The predicted octanol–water partition coefficient (Wildman–Crippen LogP) is 1.92. The number of likely N-dealkylation sites (tertiary alicyclic amines) is 1. The van der Waals surface area contributed by atoms with E-state index in [-0.39, 0.29) is 24.3 Å². The van der Waals surface area contributed by atoms with Crippen molar-refractivity contribution in [3.05, 3.63) is 17.5 Å². The van der Waals surface area contributed by atoms with Gasteiger partial charge in [0.15, 0.2) is 5.69 Å². The fraction of sp³-hybridized carbons (Fsp3) is 0.667. The zero-order valence-electron chi connectivity index (χ0n) is 14.8. The van der Waals surface area contributed by atoms with Gasteiger partial charge < -0.3 is 19.8 Å². The highest BCUT2D eigenvalue weighted by atomic mass is 16.5. The summed E-state index contributed by atoms with van der Waals surface area (Å²) in [6, 6.07) is 1.75. The first-order valence-corrected chi connectivity index (χ1v) is 9.30. The van der Waals surface area contributed by atoms with Crippen molar-refractivity contribution in [2.75, 3.05) is 13.1 Å². The lowest BCUT2D eigenvalue weighted by Gasteiger charge is -2.32. The van der Waals surface area contributed by atoms with Crippen LogP contribution in [0.2, 0.25) is 0 Å². The molecule has 2 heterocycles. The molecule has 26 heavy (non-hydrogen) atoms. The van der Waals surface area contributed by atoms with E-state index >= 15 is 0 Å². The van der Waals surface area contributed by atoms with Crippen molar-refractivity contribution in [1.82, 2.24) is 15.4 Å². The summed E-state index contributed by atoms with van der Waals surface area (Å²) in [4.78, 5) is 36.7. The summed E-state index contributed by atoms with van der Waals surface area (Å²) in [5, 5.41) is 15.4. The Kier molecular flexibility index (Phi) is 5.90. The van der Waals surface area contributed by atoms with Crippen molar-refractivity contribution in [2.24, 2.45) is 0 Å². The summed E-state index contributed by atoms with van der Waals surface area (Å²) < 4.78 is 5.21. The van der Waals surface area contributed by atoms with Crippen LogP contribution in [0.3, 0.4) is 0 Å². The average Bonchev–Trinajstić information content (AvgIpc) is 3.35. The van der Waals surface area contributed by atoms with E-state index in [4.69, 9.17) is 9.63 Å². The van der Waals surface area contributed by atoms with Crippen LogP contribution in [-0.4, -0.2) is 52.1 Å². The summed E-state index contributed by atoms with van der Waals surface area (Å²) in [5.41, 5.74) is 0.323. The number of nitrogens with one attached hydrogen (secondary N) is 1. The van der Waals surface area contributed by atoms with E-state index in [1.54, 1.807) is 11.0 Å². The molecule has 1 saturated heterocycles. The molecule has 1 saturated carbocycles. The molecule has 8 heteroatoms. The van der Waals surface area contributed by atoms with Gasteiger partial charge in [-0.1, -0.05) is 5.16 Å². The summed E-state index contributed by atoms with van der Waals surface area (Å²) in [6.45, 7) is 1.21. The summed E-state index contributed by atoms with van der Waals surface area (Å²) >= 11 is 0. The quantitative estimate of drug-likeness (QED) is 0.682. The van der Waals surface area contributed by atoms with Gasteiger partial charge in [-0.15, -0.1) is 0 Å². The molecule has 2 fully saturated rings. The van der Waals surface area contributed by atoms with Crippen LogP contribution in [0.15, 0.2) is 10.6 Å². The monoisotopic (exact) mass is 363 g/mol. The Labute approximate surface area is 151 Å². The minimum Gasteiger partial charge on any atom is -0.481 e. The normalized spacial score (nSPS) is 17.9. The maximum absolute atomic E-state index is 12.3. The largest absolute Gasteiger partial charge is 0.481 e. The Morgan fingerprint density at radius 3 is 2.50 bits per heavy atom. The van der Waals surface area contributed by atoms with E-state index in [1.165, 1.54) is 0 Å². The number of rotatable bonds is 8. The van der Waals surface area contributed by atoms with Crippen LogP contribution in [-0.2, 0) is 9.59 Å². The molecule has 0 aromatic carbocycles. The topological polar surface area (TPSA) is 113 Å². The second-order valence-corrected chi connectivity index (χ2v) is 7.12. The van der Waals surface area contributed by atoms with Crippen molar-refractivity contribution in [3.63, 3.8) is 0 Å². The molecular formula is C18H25N3O5. The second kappa shape index (κ2) is 8.33. The van der Waals surface area contributed by atoms with E-state index in [9.17, 15) is 14.4 Å². The first-order valence-electron chi connectivity index (χ1n) is 9.30. The number of piperidine rings is 1. The van der Waals surface area contributed by atoms with E-state index < -0.39 is 5.97 Å². The highest BCUT2D eigenvalue weighted by molar-refractivity contribution is 5.92. The van der Waals surface area contributed by atoms with Crippen LogP contribution in [0.25, 0.3) is 0 Å².